The second kappa shape index (κ2) is 5.17. The van der Waals surface area contributed by atoms with Crippen molar-refractivity contribution in [1.29, 1.82) is 0 Å². The summed E-state index contributed by atoms with van der Waals surface area (Å²) in [5.41, 5.74) is 0.400. The minimum atomic E-state index is -0.272. The molecule has 2 aromatic rings. The maximum Gasteiger partial charge on any atom is 0.293 e. The van der Waals surface area contributed by atoms with Gasteiger partial charge in [-0.3, -0.25) is 4.79 Å². The summed E-state index contributed by atoms with van der Waals surface area (Å²) in [6.45, 7) is 6.37. The van der Waals surface area contributed by atoms with Crippen molar-refractivity contribution < 1.29 is 0 Å². The number of anilines is 1. The van der Waals surface area contributed by atoms with Crippen molar-refractivity contribution in [2.45, 2.75) is 32.9 Å². The van der Waals surface area contributed by atoms with E-state index in [2.05, 4.69) is 20.3 Å². The highest BCUT2D eigenvalue weighted by Gasteiger charge is 2.16. The highest BCUT2D eigenvalue weighted by Crippen LogP contribution is 2.10. The van der Waals surface area contributed by atoms with Crippen molar-refractivity contribution in [3.05, 3.63) is 47.0 Å². The van der Waals surface area contributed by atoms with Gasteiger partial charge in [0.15, 0.2) is 5.82 Å². The van der Waals surface area contributed by atoms with Crippen molar-refractivity contribution in [3.63, 3.8) is 0 Å². The van der Waals surface area contributed by atoms with Crippen molar-refractivity contribution in [2.24, 2.45) is 0 Å². The Balaban J connectivity index is 2.20. The first kappa shape index (κ1) is 13.2. The molecule has 19 heavy (non-hydrogen) atoms. The average Bonchev–Trinajstić information content (AvgIpc) is 2.37. The Morgan fingerprint density at radius 2 is 2.05 bits per heavy atom. The Hall–Kier alpha value is -2.24. The van der Waals surface area contributed by atoms with E-state index < -0.39 is 0 Å². The zero-order chi connectivity index (χ0) is 13.9. The number of hydrogen-bond acceptors (Lipinski definition) is 5. The SMILES string of the molecule is CC(C)(C)n1ccnc(NCc2ccncn2)c1=O. The molecule has 0 radical (unpaired) electrons. The van der Waals surface area contributed by atoms with Crippen LogP contribution in [0.4, 0.5) is 5.82 Å². The summed E-state index contributed by atoms with van der Waals surface area (Å²) in [5.74, 6) is 0.330. The Kier molecular flexibility index (Phi) is 3.59. The summed E-state index contributed by atoms with van der Waals surface area (Å²) in [6, 6.07) is 1.79. The van der Waals surface area contributed by atoms with Gasteiger partial charge in [0.05, 0.1) is 12.2 Å². The van der Waals surface area contributed by atoms with Gasteiger partial charge < -0.3 is 9.88 Å². The molecule has 0 fully saturated rings. The van der Waals surface area contributed by atoms with E-state index in [1.165, 1.54) is 6.33 Å². The third kappa shape index (κ3) is 3.15. The quantitative estimate of drug-likeness (QED) is 0.902. The van der Waals surface area contributed by atoms with Crippen molar-refractivity contribution in [2.75, 3.05) is 5.32 Å². The molecule has 0 amide bonds. The zero-order valence-electron chi connectivity index (χ0n) is 11.3. The molecule has 0 aliphatic heterocycles. The van der Waals surface area contributed by atoms with Crippen LogP contribution in [-0.4, -0.2) is 19.5 Å². The van der Waals surface area contributed by atoms with E-state index >= 15 is 0 Å². The molecule has 0 saturated heterocycles. The Labute approximate surface area is 111 Å². The van der Waals surface area contributed by atoms with Crippen LogP contribution in [0.3, 0.4) is 0 Å². The van der Waals surface area contributed by atoms with E-state index in [1.54, 1.807) is 29.2 Å². The van der Waals surface area contributed by atoms with Gasteiger partial charge >= 0.3 is 0 Å². The lowest BCUT2D eigenvalue weighted by Crippen LogP contribution is -2.35. The van der Waals surface area contributed by atoms with Crippen molar-refractivity contribution in [3.8, 4) is 0 Å². The molecule has 6 nitrogen and oxygen atoms in total. The van der Waals surface area contributed by atoms with Crippen LogP contribution in [0.2, 0.25) is 0 Å². The lowest BCUT2D eigenvalue weighted by Gasteiger charge is -2.22. The maximum absolute atomic E-state index is 12.2. The van der Waals surface area contributed by atoms with E-state index in [1.807, 2.05) is 20.8 Å². The van der Waals surface area contributed by atoms with Crippen LogP contribution in [0.5, 0.6) is 0 Å². The first-order valence-corrected chi connectivity index (χ1v) is 6.05. The normalized spacial score (nSPS) is 11.3. The number of hydrogen-bond donors (Lipinski definition) is 1. The third-order valence-electron chi connectivity index (χ3n) is 2.64. The second-order valence-corrected chi connectivity index (χ2v) is 5.18. The van der Waals surface area contributed by atoms with Gasteiger partial charge in [-0.1, -0.05) is 0 Å². The monoisotopic (exact) mass is 259 g/mol. The molecule has 0 atom stereocenters. The van der Waals surface area contributed by atoms with E-state index in [4.69, 9.17) is 0 Å². The highest BCUT2D eigenvalue weighted by atomic mass is 16.1. The molecule has 0 bridgehead atoms. The van der Waals surface area contributed by atoms with Crippen molar-refractivity contribution >= 4 is 5.82 Å². The average molecular weight is 259 g/mol. The molecule has 100 valence electrons. The molecule has 0 spiro atoms. The number of rotatable bonds is 3. The number of aromatic nitrogens is 4. The van der Waals surface area contributed by atoms with Crippen LogP contribution in [0.15, 0.2) is 35.8 Å². The lowest BCUT2D eigenvalue weighted by molar-refractivity contribution is 0.383. The summed E-state index contributed by atoms with van der Waals surface area (Å²) in [5, 5.41) is 3.01. The van der Waals surface area contributed by atoms with Gasteiger partial charge in [-0.05, 0) is 26.8 Å². The minimum absolute atomic E-state index is 0.135. The van der Waals surface area contributed by atoms with Crippen LogP contribution < -0.4 is 10.9 Å². The zero-order valence-corrected chi connectivity index (χ0v) is 11.3. The molecule has 1 N–H and O–H groups in total. The van der Waals surface area contributed by atoms with Crippen LogP contribution >= 0.6 is 0 Å². The fourth-order valence-corrected chi connectivity index (χ4v) is 1.66. The Morgan fingerprint density at radius 1 is 1.26 bits per heavy atom. The molecule has 0 unspecified atom stereocenters. The van der Waals surface area contributed by atoms with Gasteiger partial charge in [-0.2, -0.15) is 0 Å². The van der Waals surface area contributed by atoms with Crippen LogP contribution in [0, 0.1) is 0 Å². The number of nitrogens with zero attached hydrogens (tertiary/aromatic N) is 4. The predicted octanol–water partition coefficient (Wildman–Crippen LogP) is 1.40. The molecule has 2 heterocycles. The van der Waals surface area contributed by atoms with Gasteiger partial charge in [-0.15, -0.1) is 0 Å². The summed E-state index contributed by atoms with van der Waals surface area (Å²) < 4.78 is 1.66. The van der Waals surface area contributed by atoms with Gasteiger partial charge in [0, 0.05) is 24.1 Å². The summed E-state index contributed by atoms with van der Waals surface area (Å²) in [6.07, 6.45) is 6.45. The standard InChI is InChI=1S/C13H17N5O/c1-13(2,3)18-7-6-15-11(12(18)19)16-8-10-4-5-14-9-17-10/h4-7,9H,8H2,1-3H3,(H,15,16). The third-order valence-corrected chi connectivity index (χ3v) is 2.64. The van der Waals surface area contributed by atoms with Crippen molar-refractivity contribution in [1.82, 2.24) is 19.5 Å². The lowest BCUT2D eigenvalue weighted by atomic mass is 10.1. The van der Waals surface area contributed by atoms with Gasteiger partial charge in [0.1, 0.15) is 6.33 Å². The van der Waals surface area contributed by atoms with Crippen LogP contribution in [0.25, 0.3) is 0 Å². The predicted molar refractivity (Wildman–Crippen MR) is 72.9 cm³/mol. The second-order valence-electron chi connectivity index (χ2n) is 5.18. The Bertz CT molecular complexity index is 600. The molecular formula is C13H17N5O. The Morgan fingerprint density at radius 3 is 2.68 bits per heavy atom. The van der Waals surface area contributed by atoms with Gasteiger partial charge in [0.25, 0.3) is 5.56 Å². The summed E-state index contributed by atoms with van der Waals surface area (Å²) >= 11 is 0. The van der Waals surface area contributed by atoms with E-state index in [9.17, 15) is 4.79 Å². The minimum Gasteiger partial charge on any atom is -0.360 e. The number of nitrogens with one attached hydrogen (secondary N) is 1. The van der Waals surface area contributed by atoms with E-state index in [0.717, 1.165) is 5.69 Å². The smallest absolute Gasteiger partial charge is 0.293 e. The molecule has 6 heteroatoms. The molecule has 0 aliphatic carbocycles. The van der Waals surface area contributed by atoms with Crippen LogP contribution in [0.1, 0.15) is 26.5 Å². The van der Waals surface area contributed by atoms with Crippen LogP contribution in [-0.2, 0) is 12.1 Å². The topological polar surface area (TPSA) is 72.7 Å². The highest BCUT2D eigenvalue weighted by molar-refractivity contribution is 5.31. The van der Waals surface area contributed by atoms with E-state index in [-0.39, 0.29) is 11.1 Å². The van der Waals surface area contributed by atoms with Gasteiger partial charge in [-0.25, -0.2) is 15.0 Å². The molecule has 0 aromatic carbocycles. The fraction of sp³-hybridized carbons (Fsp3) is 0.385. The first-order valence-electron chi connectivity index (χ1n) is 6.05. The molecular weight excluding hydrogens is 242 g/mol. The molecule has 0 aliphatic rings. The maximum atomic E-state index is 12.2. The largest absolute Gasteiger partial charge is 0.360 e. The fourth-order valence-electron chi connectivity index (χ4n) is 1.66. The first-order chi connectivity index (χ1) is 8.98. The summed E-state index contributed by atoms with van der Waals surface area (Å²) in [7, 11) is 0. The summed E-state index contributed by atoms with van der Waals surface area (Å²) in [4.78, 5) is 24.3. The van der Waals surface area contributed by atoms with Gasteiger partial charge in [0.2, 0.25) is 0 Å². The molecule has 0 saturated carbocycles. The molecule has 2 aromatic heterocycles. The molecule has 2 rings (SSSR count). The van der Waals surface area contributed by atoms with E-state index in [0.29, 0.717) is 12.4 Å².